The first-order valence-electron chi connectivity index (χ1n) is 6.64. The zero-order valence-corrected chi connectivity index (χ0v) is 11.5. The number of benzene rings is 1. The van der Waals surface area contributed by atoms with E-state index in [2.05, 4.69) is 10.1 Å². The van der Waals surface area contributed by atoms with Gasteiger partial charge in [-0.2, -0.15) is 4.98 Å². The van der Waals surface area contributed by atoms with Crippen molar-refractivity contribution >= 4 is 0 Å². The van der Waals surface area contributed by atoms with E-state index in [0.717, 1.165) is 11.3 Å². The van der Waals surface area contributed by atoms with Crippen molar-refractivity contribution in [3.63, 3.8) is 0 Å². The van der Waals surface area contributed by atoms with Gasteiger partial charge in [-0.15, -0.1) is 0 Å². The third kappa shape index (κ3) is 2.34. The molecule has 0 bridgehead atoms. The van der Waals surface area contributed by atoms with Crippen LogP contribution >= 0.6 is 0 Å². The Hall–Kier alpha value is -2.08. The summed E-state index contributed by atoms with van der Waals surface area (Å²) in [7, 11) is 0. The van der Waals surface area contributed by atoms with Gasteiger partial charge in [0.05, 0.1) is 6.04 Å². The zero-order chi connectivity index (χ0) is 14.1. The molecule has 1 unspecified atom stereocenters. The maximum Gasteiger partial charge on any atom is 0.229 e. The van der Waals surface area contributed by atoms with E-state index in [0.29, 0.717) is 30.7 Å². The summed E-state index contributed by atoms with van der Waals surface area (Å²) < 4.78 is 16.2. The van der Waals surface area contributed by atoms with Crippen LogP contribution in [-0.4, -0.2) is 23.4 Å². The lowest BCUT2D eigenvalue weighted by Crippen LogP contribution is -2.17. The molecule has 0 radical (unpaired) electrons. The number of rotatable bonds is 3. The summed E-state index contributed by atoms with van der Waals surface area (Å²) in [6.07, 6.45) is 0. The quantitative estimate of drug-likeness (QED) is 0.922. The molecule has 0 fully saturated rings. The van der Waals surface area contributed by atoms with Crippen molar-refractivity contribution in [3.8, 4) is 11.5 Å². The lowest BCUT2D eigenvalue weighted by Gasteiger charge is -2.19. The van der Waals surface area contributed by atoms with Crippen molar-refractivity contribution < 1.29 is 14.0 Å². The van der Waals surface area contributed by atoms with Gasteiger partial charge in [0, 0.05) is 5.92 Å². The highest BCUT2D eigenvalue weighted by Gasteiger charge is 2.20. The van der Waals surface area contributed by atoms with Gasteiger partial charge in [0.2, 0.25) is 5.89 Å². The molecular weight excluding hydrogens is 258 g/mol. The van der Waals surface area contributed by atoms with Gasteiger partial charge < -0.3 is 19.7 Å². The second kappa shape index (κ2) is 5.13. The van der Waals surface area contributed by atoms with E-state index < -0.39 is 6.04 Å². The van der Waals surface area contributed by atoms with Crippen LogP contribution in [0.2, 0.25) is 0 Å². The average molecular weight is 275 g/mol. The molecular formula is C14H17N3O3. The predicted octanol–water partition coefficient (Wildman–Crippen LogP) is 2.01. The van der Waals surface area contributed by atoms with Gasteiger partial charge in [-0.25, -0.2) is 0 Å². The highest BCUT2D eigenvalue weighted by Crippen LogP contribution is 2.33. The molecule has 3 rings (SSSR count). The maximum absolute atomic E-state index is 6.18. The van der Waals surface area contributed by atoms with E-state index in [4.69, 9.17) is 19.7 Å². The van der Waals surface area contributed by atoms with Crippen LogP contribution in [0.1, 0.15) is 43.1 Å². The van der Waals surface area contributed by atoms with Crippen LogP contribution in [0.3, 0.4) is 0 Å². The summed E-state index contributed by atoms with van der Waals surface area (Å²) in [6.45, 7) is 5.10. The van der Waals surface area contributed by atoms with E-state index in [9.17, 15) is 0 Å². The summed E-state index contributed by atoms with van der Waals surface area (Å²) in [5, 5.41) is 3.94. The normalized spacial score (nSPS) is 15.4. The molecule has 2 heterocycles. The molecule has 2 N–H and O–H groups in total. The summed E-state index contributed by atoms with van der Waals surface area (Å²) in [6, 6.07) is 5.17. The van der Waals surface area contributed by atoms with Crippen molar-refractivity contribution in [1.82, 2.24) is 10.1 Å². The fourth-order valence-corrected chi connectivity index (χ4v) is 2.01. The predicted molar refractivity (Wildman–Crippen MR) is 71.8 cm³/mol. The Morgan fingerprint density at radius 2 is 1.90 bits per heavy atom. The molecule has 1 aliphatic rings. The second-order valence-corrected chi connectivity index (χ2v) is 5.03. The fourth-order valence-electron chi connectivity index (χ4n) is 2.01. The SMILES string of the molecule is CC(C)c1nc(C(N)c2ccc3c(c2)OCCO3)no1. The number of hydrogen-bond acceptors (Lipinski definition) is 6. The molecule has 0 aliphatic carbocycles. The summed E-state index contributed by atoms with van der Waals surface area (Å²) >= 11 is 0. The molecule has 106 valence electrons. The Bertz CT molecular complexity index is 609. The Kier molecular flexibility index (Phi) is 3.31. The van der Waals surface area contributed by atoms with Crippen LogP contribution in [0.15, 0.2) is 22.7 Å². The average Bonchev–Trinajstić information content (AvgIpc) is 2.96. The minimum absolute atomic E-state index is 0.184. The monoisotopic (exact) mass is 275 g/mol. The van der Waals surface area contributed by atoms with Gasteiger partial charge in [-0.1, -0.05) is 25.1 Å². The highest BCUT2D eigenvalue weighted by molar-refractivity contribution is 5.45. The first kappa shape index (κ1) is 12.9. The molecule has 20 heavy (non-hydrogen) atoms. The van der Waals surface area contributed by atoms with Crippen molar-refractivity contribution in [2.24, 2.45) is 5.73 Å². The molecule has 0 spiro atoms. The zero-order valence-electron chi connectivity index (χ0n) is 11.5. The van der Waals surface area contributed by atoms with Gasteiger partial charge in [0.1, 0.15) is 13.2 Å². The minimum Gasteiger partial charge on any atom is -0.486 e. The molecule has 0 saturated carbocycles. The number of ether oxygens (including phenoxy) is 2. The second-order valence-electron chi connectivity index (χ2n) is 5.03. The van der Waals surface area contributed by atoms with Crippen molar-refractivity contribution in [1.29, 1.82) is 0 Å². The number of hydrogen-bond donors (Lipinski definition) is 1. The van der Waals surface area contributed by atoms with E-state index in [1.165, 1.54) is 0 Å². The molecule has 0 saturated heterocycles. The topological polar surface area (TPSA) is 83.4 Å². The Morgan fingerprint density at radius 1 is 1.15 bits per heavy atom. The minimum atomic E-state index is -0.443. The Labute approximate surface area is 116 Å². The Balaban J connectivity index is 1.87. The molecule has 1 aliphatic heterocycles. The molecule has 6 nitrogen and oxygen atoms in total. The number of nitrogens with two attached hydrogens (primary N) is 1. The number of aromatic nitrogens is 2. The van der Waals surface area contributed by atoms with Gasteiger partial charge in [-0.05, 0) is 17.7 Å². The molecule has 1 aromatic heterocycles. The van der Waals surface area contributed by atoms with Gasteiger partial charge in [0.15, 0.2) is 17.3 Å². The lowest BCUT2D eigenvalue weighted by atomic mass is 10.1. The van der Waals surface area contributed by atoms with Gasteiger partial charge in [0.25, 0.3) is 0 Å². The summed E-state index contributed by atoms with van der Waals surface area (Å²) in [4.78, 5) is 4.32. The van der Waals surface area contributed by atoms with Crippen LogP contribution in [0.5, 0.6) is 11.5 Å². The van der Waals surface area contributed by atoms with E-state index in [1.54, 1.807) is 0 Å². The van der Waals surface area contributed by atoms with Crippen molar-refractivity contribution in [3.05, 3.63) is 35.5 Å². The smallest absolute Gasteiger partial charge is 0.229 e. The number of fused-ring (bicyclic) bond motifs is 1. The van der Waals surface area contributed by atoms with Gasteiger partial charge in [-0.3, -0.25) is 0 Å². The van der Waals surface area contributed by atoms with E-state index >= 15 is 0 Å². The highest BCUT2D eigenvalue weighted by atomic mass is 16.6. The largest absolute Gasteiger partial charge is 0.486 e. The maximum atomic E-state index is 6.18. The summed E-state index contributed by atoms with van der Waals surface area (Å²) in [5.41, 5.74) is 7.05. The van der Waals surface area contributed by atoms with Crippen LogP contribution in [0, 0.1) is 0 Å². The molecule has 0 amide bonds. The molecule has 2 aromatic rings. The third-order valence-corrected chi connectivity index (χ3v) is 3.15. The van der Waals surface area contributed by atoms with Crippen molar-refractivity contribution in [2.45, 2.75) is 25.8 Å². The molecule has 6 heteroatoms. The summed E-state index contributed by atoms with van der Waals surface area (Å²) in [5.74, 6) is 2.70. The molecule has 1 atom stereocenters. The number of nitrogens with zero attached hydrogens (tertiary/aromatic N) is 2. The van der Waals surface area contributed by atoms with Crippen LogP contribution in [-0.2, 0) is 0 Å². The van der Waals surface area contributed by atoms with E-state index in [1.807, 2.05) is 32.0 Å². The van der Waals surface area contributed by atoms with Crippen molar-refractivity contribution in [2.75, 3.05) is 13.2 Å². The lowest BCUT2D eigenvalue weighted by molar-refractivity contribution is 0.171. The van der Waals surface area contributed by atoms with Crippen LogP contribution in [0.4, 0.5) is 0 Å². The van der Waals surface area contributed by atoms with Crippen LogP contribution < -0.4 is 15.2 Å². The standard InChI is InChI=1S/C14H17N3O3/c1-8(2)14-16-13(17-20-14)12(15)9-3-4-10-11(7-9)19-6-5-18-10/h3-4,7-8,12H,5-6,15H2,1-2H3. The first-order chi connectivity index (χ1) is 9.65. The molecule has 1 aromatic carbocycles. The van der Waals surface area contributed by atoms with E-state index in [-0.39, 0.29) is 5.92 Å². The fraction of sp³-hybridized carbons (Fsp3) is 0.429. The van der Waals surface area contributed by atoms with Crippen LogP contribution in [0.25, 0.3) is 0 Å². The third-order valence-electron chi connectivity index (χ3n) is 3.15. The Morgan fingerprint density at radius 3 is 2.60 bits per heavy atom. The first-order valence-corrected chi connectivity index (χ1v) is 6.64. The van der Waals surface area contributed by atoms with Gasteiger partial charge >= 0.3 is 0 Å².